The summed E-state index contributed by atoms with van der Waals surface area (Å²) in [6.07, 6.45) is 2.72. The van der Waals surface area contributed by atoms with Crippen LogP contribution in [-0.2, 0) is 22.6 Å². The second-order valence-electron chi connectivity index (χ2n) is 6.43. The van der Waals surface area contributed by atoms with Crippen molar-refractivity contribution < 1.29 is 14.3 Å². The number of nitrogens with zero attached hydrogens (tertiary/aromatic N) is 2. The minimum absolute atomic E-state index is 0.00741. The highest BCUT2D eigenvalue weighted by Crippen LogP contribution is 2.27. The van der Waals surface area contributed by atoms with Crippen LogP contribution in [-0.4, -0.2) is 34.7 Å². The van der Waals surface area contributed by atoms with Gasteiger partial charge in [-0.1, -0.05) is 30.3 Å². The van der Waals surface area contributed by atoms with Crippen molar-refractivity contribution >= 4 is 5.91 Å². The molecule has 1 aromatic carbocycles. The molecule has 0 spiro atoms. The highest BCUT2D eigenvalue weighted by Gasteiger charge is 2.25. The van der Waals surface area contributed by atoms with Crippen molar-refractivity contribution in [2.24, 2.45) is 0 Å². The Balaban J connectivity index is 1.56. The zero-order valence-corrected chi connectivity index (χ0v) is 14.8. The molecule has 1 aliphatic heterocycles. The predicted molar refractivity (Wildman–Crippen MR) is 94.2 cm³/mol. The molecule has 1 atom stereocenters. The van der Waals surface area contributed by atoms with Crippen LogP contribution in [0.4, 0.5) is 0 Å². The molecule has 0 saturated heterocycles. The molecule has 1 N–H and O–H groups in total. The summed E-state index contributed by atoms with van der Waals surface area (Å²) in [6, 6.07) is 10.1. The molecule has 0 bridgehead atoms. The molecule has 134 valence electrons. The lowest BCUT2D eigenvalue weighted by atomic mass is 10.1. The van der Waals surface area contributed by atoms with Crippen LogP contribution in [0.3, 0.4) is 0 Å². The van der Waals surface area contributed by atoms with E-state index < -0.39 is 0 Å². The van der Waals surface area contributed by atoms with Gasteiger partial charge in [-0.2, -0.15) is 0 Å². The molecule has 0 aliphatic carbocycles. The van der Waals surface area contributed by atoms with E-state index in [-0.39, 0.29) is 18.1 Å². The number of aromatic nitrogens is 2. The van der Waals surface area contributed by atoms with Crippen LogP contribution in [0.5, 0.6) is 0 Å². The summed E-state index contributed by atoms with van der Waals surface area (Å²) in [4.78, 5) is 16.6. The van der Waals surface area contributed by atoms with Crippen molar-refractivity contribution in [1.82, 2.24) is 14.9 Å². The normalized spacial score (nSPS) is 16.7. The van der Waals surface area contributed by atoms with E-state index in [0.29, 0.717) is 32.0 Å². The fourth-order valence-corrected chi connectivity index (χ4v) is 2.86. The first-order valence-electron chi connectivity index (χ1n) is 8.75. The number of ether oxygens (including phenoxy) is 2. The van der Waals surface area contributed by atoms with E-state index in [1.54, 1.807) is 6.33 Å². The molecule has 0 unspecified atom stereocenters. The lowest BCUT2D eigenvalue weighted by Crippen LogP contribution is -2.28. The van der Waals surface area contributed by atoms with E-state index in [9.17, 15) is 4.79 Å². The minimum atomic E-state index is -0.153. The zero-order valence-electron chi connectivity index (χ0n) is 14.8. The Morgan fingerprint density at radius 3 is 2.96 bits per heavy atom. The Morgan fingerprint density at radius 1 is 1.40 bits per heavy atom. The van der Waals surface area contributed by atoms with Crippen LogP contribution in [0.2, 0.25) is 0 Å². The molecule has 25 heavy (non-hydrogen) atoms. The van der Waals surface area contributed by atoms with E-state index in [1.807, 2.05) is 36.6 Å². The Morgan fingerprint density at radius 2 is 2.20 bits per heavy atom. The van der Waals surface area contributed by atoms with Crippen molar-refractivity contribution in [1.29, 1.82) is 0 Å². The topological polar surface area (TPSA) is 65.4 Å². The Hall–Kier alpha value is -2.18. The lowest BCUT2D eigenvalue weighted by Gasteiger charge is -2.25. The number of amides is 1. The number of carbonyl (C=O) groups excluding carboxylic acids is 1. The highest BCUT2D eigenvalue weighted by atomic mass is 16.5. The maximum Gasteiger partial charge on any atom is 0.271 e. The number of imidazole rings is 1. The molecule has 1 aliphatic rings. The van der Waals surface area contributed by atoms with E-state index in [4.69, 9.17) is 9.47 Å². The van der Waals surface area contributed by atoms with Gasteiger partial charge in [0.1, 0.15) is 6.10 Å². The third-order valence-electron chi connectivity index (χ3n) is 4.17. The second kappa shape index (κ2) is 8.27. The standard InChI is InChI=1S/C19H25N3O3/c1-14(2)24-10-6-9-20-19(23)18-16-12-25-17(11-22(16)13-21-18)15-7-4-3-5-8-15/h3-5,7-8,13-14,17H,6,9-12H2,1-2H3,(H,20,23)/t17-/m0/s1. The number of hydrogen-bond donors (Lipinski definition) is 1. The third kappa shape index (κ3) is 4.46. The number of carbonyl (C=O) groups is 1. The Bertz CT molecular complexity index is 697. The molecule has 1 aromatic heterocycles. The number of hydrogen-bond acceptors (Lipinski definition) is 4. The first-order chi connectivity index (χ1) is 12.1. The van der Waals surface area contributed by atoms with Crippen LogP contribution in [0, 0.1) is 0 Å². The molecular formula is C19H25N3O3. The van der Waals surface area contributed by atoms with Gasteiger partial charge in [-0.05, 0) is 25.8 Å². The zero-order chi connectivity index (χ0) is 17.6. The second-order valence-corrected chi connectivity index (χ2v) is 6.43. The van der Waals surface area contributed by atoms with Crippen LogP contribution >= 0.6 is 0 Å². The summed E-state index contributed by atoms with van der Waals surface area (Å²) in [5, 5.41) is 2.90. The first-order valence-corrected chi connectivity index (χ1v) is 8.75. The van der Waals surface area contributed by atoms with Crippen molar-refractivity contribution in [3.8, 4) is 0 Å². The van der Waals surface area contributed by atoms with Crippen molar-refractivity contribution in [2.45, 2.75) is 45.6 Å². The van der Waals surface area contributed by atoms with Gasteiger partial charge in [-0.3, -0.25) is 4.79 Å². The van der Waals surface area contributed by atoms with Gasteiger partial charge in [0.05, 0.1) is 31.3 Å². The lowest BCUT2D eigenvalue weighted by molar-refractivity contribution is 0.00257. The van der Waals surface area contributed by atoms with Crippen molar-refractivity contribution in [3.63, 3.8) is 0 Å². The van der Waals surface area contributed by atoms with Gasteiger partial charge in [-0.15, -0.1) is 0 Å². The molecule has 3 rings (SSSR count). The van der Waals surface area contributed by atoms with E-state index in [2.05, 4.69) is 22.4 Å². The van der Waals surface area contributed by atoms with Gasteiger partial charge < -0.3 is 19.4 Å². The number of rotatable bonds is 7. The molecule has 1 amide bonds. The fraction of sp³-hybridized carbons (Fsp3) is 0.474. The maximum atomic E-state index is 12.3. The van der Waals surface area contributed by atoms with Gasteiger partial charge in [-0.25, -0.2) is 4.98 Å². The molecule has 2 heterocycles. The number of nitrogens with one attached hydrogen (secondary N) is 1. The summed E-state index contributed by atoms with van der Waals surface area (Å²) in [5.41, 5.74) is 2.43. The maximum absolute atomic E-state index is 12.3. The average Bonchev–Trinajstić information content (AvgIpc) is 3.05. The Labute approximate surface area is 148 Å². The first kappa shape index (κ1) is 17.6. The molecule has 0 fully saturated rings. The van der Waals surface area contributed by atoms with Crippen LogP contribution in [0.1, 0.15) is 48.1 Å². The summed E-state index contributed by atoms with van der Waals surface area (Å²) >= 11 is 0. The van der Waals surface area contributed by atoms with Gasteiger partial charge in [0.25, 0.3) is 5.91 Å². The molecule has 6 heteroatoms. The molecular weight excluding hydrogens is 318 g/mol. The summed E-state index contributed by atoms with van der Waals surface area (Å²) in [7, 11) is 0. The van der Waals surface area contributed by atoms with Crippen molar-refractivity contribution in [2.75, 3.05) is 13.2 Å². The van der Waals surface area contributed by atoms with Crippen molar-refractivity contribution in [3.05, 3.63) is 53.6 Å². The predicted octanol–water partition coefficient (Wildman–Crippen LogP) is 2.70. The van der Waals surface area contributed by atoms with Gasteiger partial charge in [0.2, 0.25) is 0 Å². The van der Waals surface area contributed by atoms with Crippen LogP contribution < -0.4 is 5.32 Å². The smallest absolute Gasteiger partial charge is 0.271 e. The average molecular weight is 343 g/mol. The quantitative estimate of drug-likeness (QED) is 0.785. The molecule has 6 nitrogen and oxygen atoms in total. The van der Waals surface area contributed by atoms with Gasteiger partial charge in [0.15, 0.2) is 5.69 Å². The number of fused-ring (bicyclic) bond motifs is 1. The van der Waals surface area contributed by atoms with Crippen LogP contribution in [0.15, 0.2) is 36.7 Å². The van der Waals surface area contributed by atoms with Gasteiger partial charge in [0, 0.05) is 13.2 Å². The van der Waals surface area contributed by atoms with E-state index in [0.717, 1.165) is 17.7 Å². The summed E-state index contributed by atoms with van der Waals surface area (Å²) in [6.45, 7) is 6.27. The SMILES string of the molecule is CC(C)OCCCNC(=O)c1ncn2c1CO[C@H](c1ccccc1)C2. The monoisotopic (exact) mass is 343 g/mol. The number of benzene rings is 1. The molecule has 0 saturated carbocycles. The largest absolute Gasteiger partial charge is 0.379 e. The molecule has 2 aromatic rings. The third-order valence-corrected chi connectivity index (χ3v) is 4.17. The van der Waals surface area contributed by atoms with E-state index in [1.165, 1.54) is 0 Å². The van der Waals surface area contributed by atoms with E-state index >= 15 is 0 Å². The highest BCUT2D eigenvalue weighted by molar-refractivity contribution is 5.93. The Kier molecular flexibility index (Phi) is 5.83. The minimum Gasteiger partial charge on any atom is -0.379 e. The molecule has 0 radical (unpaired) electrons. The summed E-state index contributed by atoms with van der Waals surface area (Å²) < 4.78 is 13.4. The van der Waals surface area contributed by atoms with Crippen LogP contribution in [0.25, 0.3) is 0 Å². The summed E-state index contributed by atoms with van der Waals surface area (Å²) in [5.74, 6) is -0.153. The van der Waals surface area contributed by atoms with Gasteiger partial charge >= 0.3 is 0 Å². The fourth-order valence-electron chi connectivity index (χ4n) is 2.86.